The van der Waals surface area contributed by atoms with Gasteiger partial charge in [-0.05, 0) is 41.7 Å². The fraction of sp³-hybridized carbons (Fsp3) is 0.143. The van der Waals surface area contributed by atoms with E-state index in [0.29, 0.717) is 0 Å². The molecule has 1 heterocycles. The maximum Gasteiger partial charge on any atom is 0.0907 e. The van der Waals surface area contributed by atoms with Gasteiger partial charge < -0.3 is 4.74 Å². The highest BCUT2D eigenvalue weighted by Gasteiger charge is 2.16. The van der Waals surface area contributed by atoms with E-state index in [4.69, 9.17) is 4.74 Å². The zero-order valence-corrected chi connectivity index (χ0v) is 8.44. The lowest BCUT2D eigenvalue weighted by Gasteiger charge is -2.05. The highest BCUT2D eigenvalue weighted by Crippen LogP contribution is 2.29. The third kappa shape index (κ3) is 1.50. The van der Waals surface area contributed by atoms with E-state index in [1.165, 1.54) is 22.3 Å². The number of fused-ring (bicyclic) bond motifs is 1. The molecule has 1 aliphatic heterocycles. The van der Waals surface area contributed by atoms with Crippen molar-refractivity contribution in [1.82, 2.24) is 0 Å². The van der Waals surface area contributed by atoms with Gasteiger partial charge in [0.1, 0.15) is 0 Å². The molecule has 15 heavy (non-hydrogen) atoms. The van der Waals surface area contributed by atoms with Crippen molar-refractivity contribution in [2.75, 3.05) is 0 Å². The van der Waals surface area contributed by atoms with Crippen LogP contribution in [0.3, 0.4) is 0 Å². The molecule has 2 aliphatic rings. The Morgan fingerprint density at radius 1 is 0.867 bits per heavy atom. The number of hydrogen-bond donors (Lipinski definition) is 0. The summed E-state index contributed by atoms with van der Waals surface area (Å²) in [5, 5.41) is 0. The fourth-order valence-electron chi connectivity index (χ4n) is 2.19. The van der Waals surface area contributed by atoms with Crippen molar-refractivity contribution in [1.29, 1.82) is 0 Å². The minimum absolute atomic E-state index is 1.08. The Morgan fingerprint density at radius 3 is 2.07 bits per heavy atom. The van der Waals surface area contributed by atoms with E-state index in [2.05, 4.69) is 24.3 Å². The number of hydrogen-bond acceptors (Lipinski definition) is 1. The van der Waals surface area contributed by atoms with Crippen molar-refractivity contribution in [3.05, 3.63) is 71.2 Å². The van der Waals surface area contributed by atoms with Crippen molar-refractivity contribution in [3.8, 4) is 0 Å². The maximum absolute atomic E-state index is 5.04. The van der Waals surface area contributed by atoms with Gasteiger partial charge >= 0.3 is 0 Å². The van der Waals surface area contributed by atoms with Crippen LogP contribution in [0.15, 0.2) is 60.1 Å². The highest BCUT2D eigenvalue weighted by atomic mass is 16.5. The van der Waals surface area contributed by atoms with Gasteiger partial charge in [0.05, 0.1) is 12.5 Å². The van der Waals surface area contributed by atoms with E-state index in [1.807, 2.05) is 12.2 Å². The van der Waals surface area contributed by atoms with Crippen LogP contribution in [0.25, 0.3) is 0 Å². The third-order valence-electron chi connectivity index (χ3n) is 2.99. The van der Waals surface area contributed by atoms with E-state index in [1.54, 1.807) is 12.5 Å². The van der Waals surface area contributed by atoms with Gasteiger partial charge in [0, 0.05) is 0 Å². The van der Waals surface area contributed by atoms with E-state index in [9.17, 15) is 0 Å². The molecule has 0 atom stereocenters. The number of benzene rings is 1. The van der Waals surface area contributed by atoms with Crippen LogP contribution in [0.4, 0.5) is 0 Å². The molecule has 0 aromatic heterocycles. The second-order valence-electron chi connectivity index (χ2n) is 3.92. The first-order valence-corrected chi connectivity index (χ1v) is 5.21. The molecule has 1 aromatic rings. The first kappa shape index (κ1) is 8.54. The number of ether oxygens (including phenoxy) is 1. The molecule has 74 valence electrons. The summed E-state index contributed by atoms with van der Waals surface area (Å²) >= 11 is 0. The van der Waals surface area contributed by atoms with Crippen LogP contribution in [0.2, 0.25) is 0 Å². The van der Waals surface area contributed by atoms with Crippen LogP contribution in [-0.2, 0) is 17.6 Å². The van der Waals surface area contributed by atoms with Gasteiger partial charge in [-0.1, -0.05) is 29.8 Å². The monoisotopic (exact) mass is 196 g/mol. The fourth-order valence-corrected chi connectivity index (χ4v) is 2.19. The minimum Gasteiger partial charge on any atom is -0.473 e. The molecule has 0 amide bonds. The van der Waals surface area contributed by atoms with E-state index in [0.717, 1.165) is 12.8 Å². The van der Waals surface area contributed by atoms with Gasteiger partial charge in [0.15, 0.2) is 0 Å². The van der Waals surface area contributed by atoms with Crippen LogP contribution >= 0.6 is 0 Å². The van der Waals surface area contributed by atoms with Gasteiger partial charge in [0.2, 0.25) is 0 Å². The molecule has 1 aliphatic carbocycles. The van der Waals surface area contributed by atoms with Crippen LogP contribution in [0.1, 0.15) is 11.1 Å². The largest absolute Gasteiger partial charge is 0.473 e. The maximum atomic E-state index is 5.04. The van der Waals surface area contributed by atoms with Crippen molar-refractivity contribution in [3.63, 3.8) is 0 Å². The topological polar surface area (TPSA) is 9.23 Å². The molecule has 0 bridgehead atoms. The van der Waals surface area contributed by atoms with Crippen LogP contribution in [0.5, 0.6) is 0 Å². The second-order valence-corrected chi connectivity index (χ2v) is 3.92. The average molecular weight is 196 g/mol. The standard InChI is InChI=1S/C14H12O/c1-2-4-13-10-14(9-12(13)3-1)11-5-7-15-8-6-11/h1-8H,9-10H2. The predicted octanol–water partition coefficient (Wildman–Crippen LogP) is 3.14. The molecule has 0 fully saturated rings. The summed E-state index contributed by atoms with van der Waals surface area (Å²) in [6, 6.07) is 8.66. The quantitative estimate of drug-likeness (QED) is 0.619. The Balaban J connectivity index is 1.98. The summed E-state index contributed by atoms with van der Waals surface area (Å²) in [6.45, 7) is 0. The number of allylic oxidation sites excluding steroid dienone is 4. The molecular formula is C14H12O. The van der Waals surface area contributed by atoms with Crippen LogP contribution in [0, 0.1) is 0 Å². The highest BCUT2D eigenvalue weighted by molar-refractivity contribution is 5.47. The number of rotatable bonds is 0. The second kappa shape index (κ2) is 3.43. The van der Waals surface area contributed by atoms with Gasteiger partial charge in [-0.3, -0.25) is 0 Å². The first-order valence-electron chi connectivity index (χ1n) is 5.21. The lowest BCUT2D eigenvalue weighted by Crippen LogP contribution is -1.90. The van der Waals surface area contributed by atoms with Crippen molar-refractivity contribution >= 4 is 0 Å². The van der Waals surface area contributed by atoms with E-state index < -0.39 is 0 Å². The molecule has 1 nitrogen and oxygen atoms in total. The first-order chi connectivity index (χ1) is 7.43. The summed E-state index contributed by atoms with van der Waals surface area (Å²) in [4.78, 5) is 0. The van der Waals surface area contributed by atoms with Crippen LogP contribution < -0.4 is 0 Å². The summed E-state index contributed by atoms with van der Waals surface area (Å²) in [5.74, 6) is 0. The molecule has 1 aromatic carbocycles. The molecule has 0 N–H and O–H groups in total. The van der Waals surface area contributed by atoms with Crippen LogP contribution in [-0.4, -0.2) is 0 Å². The van der Waals surface area contributed by atoms with Gasteiger partial charge in [-0.2, -0.15) is 0 Å². The molecular weight excluding hydrogens is 184 g/mol. The third-order valence-corrected chi connectivity index (χ3v) is 2.99. The molecule has 0 unspecified atom stereocenters. The Bertz CT molecular complexity index is 437. The van der Waals surface area contributed by atoms with E-state index >= 15 is 0 Å². The Morgan fingerprint density at radius 2 is 1.47 bits per heavy atom. The Kier molecular flexibility index (Phi) is 1.95. The molecule has 0 spiro atoms. The lowest BCUT2D eigenvalue weighted by atomic mass is 10.1. The predicted molar refractivity (Wildman–Crippen MR) is 60.2 cm³/mol. The molecule has 0 saturated heterocycles. The minimum atomic E-state index is 1.08. The van der Waals surface area contributed by atoms with Gasteiger partial charge in [0.25, 0.3) is 0 Å². The smallest absolute Gasteiger partial charge is 0.0907 e. The Labute approximate surface area is 89.4 Å². The summed E-state index contributed by atoms with van der Waals surface area (Å²) in [7, 11) is 0. The summed E-state index contributed by atoms with van der Waals surface area (Å²) in [6.07, 6.45) is 9.74. The van der Waals surface area contributed by atoms with Gasteiger partial charge in [-0.15, -0.1) is 0 Å². The SMILES string of the molecule is C1=CC(=C2Cc3ccccc3C2)C=CO1. The van der Waals surface area contributed by atoms with E-state index in [-0.39, 0.29) is 0 Å². The van der Waals surface area contributed by atoms with Gasteiger partial charge in [-0.25, -0.2) is 0 Å². The zero-order valence-electron chi connectivity index (χ0n) is 8.44. The molecule has 1 heteroatoms. The summed E-state index contributed by atoms with van der Waals surface area (Å²) in [5.41, 5.74) is 5.73. The normalized spacial score (nSPS) is 17.9. The summed E-state index contributed by atoms with van der Waals surface area (Å²) < 4.78 is 5.04. The Hall–Kier alpha value is -1.76. The molecule has 0 radical (unpaired) electrons. The lowest BCUT2D eigenvalue weighted by molar-refractivity contribution is 0.398. The molecule has 0 saturated carbocycles. The van der Waals surface area contributed by atoms with Crippen molar-refractivity contribution in [2.24, 2.45) is 0 Å². The van der Waals surface area contributed by atoms with Crippen molar-refractivity contribution < 1.29 is 4.74 Å². The van der Waals surface area contributed by atoms with Crippen molar-refractivity contribution in [2.45, 2.75) is 12.8 Å². The average Bonchev–Trinajstić information content (AvgIpc) is 2.74. The molecule has 3 rings (SSSR count). The zero-order chi connectivity index (χ0) is 10.1.